The lowest BCUT2D eigenvalue weighted by atomic mass is 10.0. The lowest BCUT2D eigenvalue weighted by Gasteiger charge is -2.34. The molecule has 0 unspecified atom stereocenters. The van der Waals surface area contributed by atoms with Crippen molar-refractivity contribution in [1.82, 2.24) is 10.2 Å². The van der Waals surface area contributed by atoms with E-state index in [1.54, 1.807) is 4.90 Å². The van der Waals surface area contributed by atoms with Crippen molar-refractivity contribution in [2.75, 3.05) is 33.3 Å². The number of hydrogen-bond donors (Lipinski definition) is 1. The third-order valence-corrected chi connectivity index (χ3v) is 3.30. The molecular weight excluding hydrogens is 328 g/mol. The molecule has 3 nitrogen and oxygen atoms in total. The highest BCUT2D eigenvalue weighted by atomic mass is 35.5. The zero-order valence-electron chi connectivity index (χ0n) is 11.5. The van der Waals surface area contributed by atoms with Crippen molar-refractivity contribution >= 4 is 24.8 Å². The van der Waals surface area contributed by atoms with Gasteiger partial charge in [0, 0.05) is 26.2 Å². The van der Waals surface area contributed by atoms with Crippen LogP contribution in [0.2, 0.25) is 0 Å². The van der Waals surface area contributed by atoms with Crippen LogP contribution in [0.5, 0.6) is 5.75 Å². The van der Waals surface area contributed by atoms with Crippen molar-refractivity contribution in [1.29, 1.82) is 0 Å². The molecule has 0 saturated carbocycles. The predicted molar refractivity (Wildman–Crippen MR) is 80.6 cm³/mol. The zero-order chi connectivity index (χ0) is 13.8. The Balaban J connectivity index is 0.00000200. The fourth-order valence-electron chi connectivity index (χ4n) is 2.34. The van der Waals surface area contributed by atoms with Crippen molar-refractivity contribution in [2.45, 2.75) is 12.5 Å². The van der Waals surface area contributed by atoms with Crippen LogP contribution in [0.15, 0.2) is 18.2 Å². The van der Waals surface area contributed by atoms with E-state index in [9.17, 15) is 13.2 Å². The summed E-state index contributed by atoms with van der Waals surface area (Å²) in [4.78, 5) is 1.68. The molecular formula is C13H19Cl2F3N2O. The summed E-state index contributed by atoms with van der Waals surface area (Å²) in [5.74, 6) is -0.544. The summed E-state index contributed by atoms with van der Waals surface area (Å²) in [5.41, 5.74) is 0.287. The van der Waals surface area contributed by atoms with Gasteiger partial charge in [0.25, 0.3) is 6.43 Å². The SMILES string of the molecule is COc1ccc([C@H](C(F)F)N2CCNCC2)cc1F.Cl.Cl. The molecule has 1 aliphatic rings. The van der Waals surface area contributed by atoms with E-state index in [1.165, 1.54) is 19.2 Å². The van der Waals surface area contributed by atoms with Crippen LogP contribution in [0.3, 0.4) is 0 Å². The van der Waals surface area contributed by atoms with Gasteiger partial charge in [-0.3, -0.25) is 4.90 Å². The van der Waals surface area contributed by atoms with Crippen molar-refractivity contribution in [2.24, 2.45) is 0 Å². The second-order valence-electron chi connectivity index (χ2n) is 4.46. The Bertz CT molecular complexity index is 432. The maximum absolute atomic E-state index is 13.6. The standard InChI is InChI=1S/C13H17F3N2O.2ClH/c1-19-11-3-2-9(8-10(11)14)12(13(15)16)18-6-4-17-5-7-18;;/h2-3,8,12-13,17H,4-7H2,1H3;2*1H/t12-;;/m1../s1. The summed E-state index contributed by atoms with van der Waals surface area (Å²) in [5, 5.41) is 3.11. The molecule has 0 amide bonds. The molecule has 21 heavy (non-hydrogen) atoms. The molecule has 0 spiro atoms. The van der Waals surface area contributed by atoms with Gasteiger partial charge in [0.05, 0.1) is 13.2 Å². The predicted octanol–water partition coefficient (Wildman–Crippen LogP) is 2.89. The Hall–Kier alpha value is -0.690. The van der Waals surface area contributed by atoms with Crippen LogP contribution < -0.4 is 10.1 Å². The molecule has 1 atom stereocenters. The molecule has 1 aromatic carbocycles. The number of benzene rings is 1. The van der Waals surface area contributed by atoms with Gasteiger partial charge in [0.1, 0.15) is 0 Å². The number of halogens is 5. The zero-order valence-corrected chi connectivity index (χ0v) is 13.2. The highest BCUT2D eigenvalue weighted by molar-refractivity contribution is 5.85. The van der Waals surface area contributed by atoms with Crippen LogP contribution >= 0.6 is 24.8 Å². The number of nitrogens with one attached hydrogen (secondary N) is 1. The summed E-state index contributed by atoms with van der Waals surface area (Å²) in [6.45, 7) is 2.40. The fraction of sp³-hybridized carbons (Fsp3) is 0.538. The van der Waals surface area contributed by atoms with Gasteiger partial charge in [-0.25, -0.2) is 13.2 Å². The van der Waals surface area contributed by atoms with Gasteiger partial charge >= 0.3 is 0 Å². The Morgan fingerprint density at radius 2 is 1.81 bits per heavy atom. The number of rotatable bonds is 4. The molecule has 0 aromatic heterocycles. The smallest absolute Gasteiger partial charge is 0.258 e. The van der Waals surface area contributed by atoms with E-state index in [0.717, 1.165) is 6.07 Å². The van der Waals surface area contributed by atoms with Gasteiger partial charge in [-0.15, -0.1) is 24.8 Å². The van der Waals surface area contributed by atoms with Gasteiger partial charge in [0.2, 0.25) is 0 Å². The minimum Gasteiger partial charge on any atom is -0.494 e. The molecule has 1 fully saturated rings. The highest BCUT2D eigenvalue weighted by Gasteiger charge is 2.30. The molecule has 1 heterocycles. The van der Waals surface area contributed by atoms with Gasteiger partial charge in [0.15, 0.2) is 11.6 Å². The van der Waals surface area contributed by atoms with Crippen molar-refractivity contribution in [3.63, 3.8) is 0 Å². The lowest BCUT2D eigenvalue weighted by Crippen LogP contribution is -2.46. The van der Waals surface area contributed by atoms with Crippen molar-refractivity contribution < 1.29 is 17.9 Å². The molecule has 1 aliphatic heterocycles. The van der Waals surface area contributed by atoms with Gasteiger partial charge in [-0.1, -0.05) is 6.07 Å². The lowest BCUT2D eigenvalue weighted by molar-refractivity contribution is 0.0180. The molecule has 1 aromatic rings. The first-order valence-corrected chi connectivity index (χ1v) is 6.20. The summed E-state index contributed by atoms with van der Waals surface area (Å²) in [7, 11) is 1.35. The summed E-state index contributed by atoms with van der Waals surface area (Å²) in [6.07, 6.45) is -2.55. The Morgan fingerprint density at radius 1 is 1.19 bits per heavy atom. The van der Waals surface area contributed by atoms with Crippen molar-refractivity contribution in [3.8, 4) is 5.75 Å². The summed E-state index contributed by atoms with van der Waals surface area (Å²) >= 11 is 0. The Morgan fingerprint density at radius 3 is 2.29 bits per heavy atom. The fourth-order valence-corrected chi connectivity index (χ4v) is 2.34. The van der Waals surface area contributed by atoms with E-state index < -0.39 is 18.3 Å². The first kappa shape index (κ1) is 20.3. The summed E-state index contributed by atoms with van der Waals surface area (Å²) < 4.78 is 45.0. The Labute approximate surface area is 134 Å². The minimum atomic E-state index is -2.55. The van der Waals surface area contributed by atoms with Crippen LogP contribution in [0, 0.1) is 5.82 Å². The first-order chi connectivity index (χ1) is 9.13. The van der Waals surface area contributed by atoms with Gasteiger partial charge in [-0.2, -0.15) is 0 Å². The number of nitrogens with zero attached hydrogens (tertiary/aromatic N) is 1. The maximum Gasteiger partial charge on any atom is 0.258 e. The second-order valence-corrected chi connectivity index (χ2v) is 4.46. The topological polar surface area (TPSA) is 24.5 Å². The minimum absolute atomic E-state index is 0. The van der Waals surface area contributed by atoms with Crippen LogP contribution in [-0.2, 0) is 0 Å². The number of hydrogen-bond acceptors (Lipinski definition) is 3. The van der Waals surface area contributed by atoms with E-state index >= 15 is 0 Å². The van der Waals surface area contributed by atoms with E-state index in [-0.39, 0.29) is 36.1 Å². The largest absolute Gasteiger partial charge is 0.494 e. The van der Waals surface area contributed by atoms with Crippen LogP contribution in [0.1, 0.15) is 11.6 Å². The number of alkyl halides is 2. The van der Waals surface area contributed by atoms with Gasteiger partial charge in [-0.05, 0) is 17.7 Å². The highest BCUT2D eigenvalue weighted by Crippen LogP contribution is 2.30. The van der Waals surface area contributed by atoms with Crippen molar-refractivity contribution in [3.05, 3.63) is 29.6 Å². The van der Waals surface area contributed by atoms with Gasteiger partial charge < -0.3 is 10.1 Å². The third-order valence-electron chi connectivity index (χ3n) is 3.30. The average Bonchev–Trinajstić information content (AvgIpc) is 2.40. The maximum atomic E-state index is 13.6. The Kier molecular flexibility index (Phi) is 9.04. The molecule has 0 radical (unpaired) electrons. The monoisotopic (exact) mass is 346 g/mol. The van der Waals surface area contributed by atoms with Crippen LogP contribution in [-0.4, -0.2) is 44.6 Å². The van der Waals surface area contributed by atoms with E-state index in [1.807, 2.05) is 0 Å². The van der Waals surface area contributed by atoms with E-state index in [4.69, 9.17) is 4.74 Å². The normalized spacial score (nSPS) is 16.8. The number of methoxy groups -OCH3 is 1. The second kappa shape index (κ2) is 9.35. The first-order valence-electron chi connectivity index (χ1n) is 6.20. The molecule has 0 aliphatic carbocycles. The van der Waals surface area contributed by atoms with E-state index in [2.05, 4.69) is 5.32 Å². The molecule has 8 heteroatoms. The molecule has 1 N–H and O–H groups in total. The van der Waals surface area contributed by atoms with Crippen LogP contribution in [0.25, 0.3) is 0 Å². The van der Waals surface area contributed by atoms with E-state index in [0.29, 0.717) is 26.2 Å². The average molecular weight is 347 g/mol. The number of piperazine rings is 1. The molecule has 1 saturated heterocycles. The third kappa shape index (κ3) is 4.92. The molecule has 122 valence electrons. The number of ether oxygens (including phenoxy) is 1. The molecule has 0 bridgehead atoms. The quantitative estimate of drug-likeness (QED) is 0.907. The van der Waals surface area contributed by atoms with Crippen LogP contribution in [0.4, 0.5) is 13.2 Å². The summed E-state index contributed by atoms with van der Waals surface area (Å²) in [6, 6.07) is 2.96. The molecule has 2 rings (SSSR count).